The highest BCUT2D eigenvalue weighted by molar-refractivity contribution is 6.03. The van der Waals surface area contributed by atoms with E-state index < -0.39 is 5.72 Å². The molecule has 0 saturated carbocycles. The van der Waals surface area contributed by atoms with Gasteiger partial charge >= 0.3 is 0 Å². The van der Waals surface area contributed by atoms with Crippen LogP contribution in [0.1, 0.15) is 33.7 Å². The largest absolute Gasteiger partial charge is 0.496 e. The Morgan fingerprint density at radius 1 is 0.972 bits per heavy atom. The molecule has 1 N–H and O–H groups in total. The first-order valence-electron chi connectivity index (χ1n) is 11.9. The predicted molar refractivity (Wildman–Crippen MR) is 135 cm³/mol. The topological polar surface area (TPSA) is 90.0 Å². The van der Waals surface area contributed by atoms with Gasteiger partial charge in [-0.05, 0) is 35.0 Å². The number of carbonyl (C=O) groups is 2. The van der Waals surface area contributed by atoms with Gasteiger partial charge in [0.1, 0.15) is 28.5 Å². The molecule has 0 atom stereocenters. The van der Waals surface area contributed by atoms with Crippen molar-refractivity contribution in [3.05, 3.63) is 71.9 Å². The first-order chi connectivity index (χ1) is 17.5. The third-order valence-corrected chi connectivity index (χ3v) is 7.02. The van der Waals surface area contributed by atoms with E-state index in [4.69, 9.17) is 14.2 Å². The maximum Gasteiger partial charge on any atom is 0.272 e. The van der Waals surface area contributed by atoms with Crippen LogP contribution in [0.2, 0.25) is 0 Å². The third kappa shape index (κ3) is 3.57. The van der Waals surface area contributed by atoms with Crippen LogP contribution in [0.25, 0.3) is 21.7 Å². The molecule has 1 saturated heterocycles. The summed E-state index contributed by atoms with van der Waals surface area (Å²) in [6.45, 7) is 0.825. The number of nitrogens with zero attached hydrogens (tertiary/aromatic N) is 2. The van der Waals surface area contributed by atoms with E-state index in [1.54, 1.807) is 31.3 Å². The van der Waals surface area contributed by atoms with Gasteiger partial charge in [-0.2, -0.15) is 0 Å². The van der Waals surface area contributed by atoms with E-state index in [2.05, 4.69) is 10.3 Å². The normalized spacial score (nSPS) is 16.4. The fraction of sp³-hybridized carbons (Fsp3) is 0.250. The number of nitrogens with one attached hydrogen (secondary N) is 1. The molecule has 2 aliphatic rings. The minimum atomic E-state index is -0.846. The Morgan fingerprint density at radius 3 is 2.42 bits per heavy atom. The van der Waals surface area contributed by atoms with Gasteiger partial charge in [-0.25, -0.2) is 4.98 Å². The maximum absolute atomic E-state index is 13.4. The summed E-state index contributed by atoms with van der Waals surface area (Å²) in [5.74, 6) is 1.34. The molecule has 2 amide bonds. The number of aromatic nitrogens is 1. The van der Waals surface area contributed by atoms with E-state index in [-0.39, 0.29) is 17.5 Å². The van der Waals surface area contributed by atoms with Crippen molar-refractivity contribution in [1.29, 1.82) is 0 Å². The number of likely N-dealkylation sites (tertiary alicyclic amines) is 1. The fourth-order valence-corrected chi connectivity index (χ4v) is 5.09. The smallest absolute Gasteiger partial charge is 0.272 e. The van der Waals surface area contributed by atoms with Crippen LogP contribution in [0.15, 0.2) is 60.7 Å². The molecule has 6 rings (SSSR count). The van der Waals surface area contributed by atoms with E-state index in [1.165, 1.54) is 0 Å². The van der Waals surface area contributed by atoms with Crippen LogP contribution in [0, 0.1) is 0 Å². The van der Waals surface area contributed by atoms with Crippen LogP contribution >= 0.6 is 0 Å². The molecule has 3 aromatic carbocycles. The lowest BCUT2D eigenvalue weighted by atomic mass is 9.95. The predicted octanol–water partition coefficient (Wildman–Crippen LogP) is 4.16. The molecular formula is C28H25N3O5. The highest BCUT2D eigenvalue weighted by Crippen LogP contribution is 2.37. The average Bonchev–Trinajstić information content (AvgIpc) is 2.91. The van der Waals surface area contributed by atoms with Gasteiger partial charge in [0.25, 0.3) is 11.8 Å². The zero-order chi connectivity index (χ0) is 24.9. The third-order valence-electron chi connectivity index (χ3n) is 7.02. The first kappa shape index (κ1) is 22.2. The molecule has 4 aromatic rings. The fourth-order valence-electron chi connectivity index (χ4n) is 5.09. The molecule has 2 aliphatic heterocycles. The van der Waals surface area contributed by atoms with Crippen molar-refractivity contribution >= 4 is 33.5 Å². The van der Waals surface area contributed by atoms with Gasteiger partial charge in [0.15, 0.2) is 5.72 Å². The molecule has 1 aromatic heterocycles. The van der Waals surface area contributed by atoms with Crippen LogP contribution in [0.3, 0.4) is 0 Å². The summed E-state index contributed by atoms with van der Waals surface area (Å²) in [6.07, 6.45) is 0.926. The molecule has 0 bridgehead atoms. The number of carbonyl (C=O) groups excluding carboxylic acids is 2. The molecule has 8 heteroatoms. The Hall–Kier alpha value is -4.33. The molecule has 0 unspecified atom stereocenters. The number of hydrogen-bond acceptors (Lipinski definition) is 6. The van der Waals surface area contributed by atoms with Gasteiger partial charge in [-0.3, -0.25) is 9.59 Å². The van der Waals surface area contributed by atoms with Gasteiger partial charge in [0.2, 0.25) is 0 Å². The summed E-state index contributed by atoms with van der Waals surface area (Å²) >= 11 is 0. The molecule has 0 aliphatic carbocycles. The lowest BCUT2D eigenvalue weighted by molar-refractivity contribution is -0.0245. The molecule has 1 fully saturated rings. The van der Waals surface area contributed by atoms with Crippen molar-refractivity contribution in [1.82, 2.24) is 15.2 Å². The van der Waals surface area contributed by atoms with Crippen LogP contribution in [-0.4, -0.2) is 54.7 Å². The molecule has 8 nitrogen and oxygen atoms in total. The lowest BCUT2D eigenvalue weighted by Crippen LogP contribution is -2.61. The van der Waals surface area contributed by atoms with Crippen LogP contribution in [0.4, 0.5) is 0 Å². The number of pyridine rings is 1. The summed E-state index contributed by atoms with van der Waals surface area (Å²) in [6, 6.07) is 18.9. The molecule has 3 heterocycles. The quantitative estimate of drug-likeness (QED) is 0.471. The van der Waals surface area contributed by atoms with Crippen molar-refractivity contribution < 1.29 is 23.8 Å². The maximum atomic E-state index is 13.4. The van der Waals surface area contributed by atoms with Crippen molar-refractivity contribution in [2.45, 2.75) is 18.6 Å². The van der Waals surface area contributed by atoms with Crippen LogP contribution in [0.5, 0.6) is 17.2 Å². The highest BCUT2D eigenvalue weighted by Gasteiger charge is 2.43. The number of piperidine rings is 1. The minimum Gasteiger partial charge on any atom is -0.496 e. The molecule has 182 valence electrons. The number of amides is 2. The second kappa shape index (κ2) is 8.41. The molecular weight excluding hydrogens is 458 g/mol. The highest BCUT2D eigenvalue weighted by atomic mass is 16.5. The number of methoxy groups -OCH3 is 2. The van der Waals surface area contributed by atoms with E-state index in [0.717, 1.165) is 16.2 Å². The SMILES string of the molecule is COc1cc(C(=O)N2CCC3(CC2)NC(=O)c2cc4ccccc4cc2O3)nc2c(OC)cccc12. The van der Waals surface area contributed by atoms with Gasteiger partial charge in [0, 0.05) is 37.4 Å². The van der Waals surface area contributed by atoms with Crippen LogP contribution in [-0.2, 0) is 0 Å². The van der Waals surface area contributed by atoms with Gasteiger partial charge in [0.05, 0.1) is 19.8 Å². The van der Waals surface area contributed by atoms with Gasteiger partial charge in [-0.1, -0.05) is 30.3 Å². The Kier molecular flexibility index (Phi) is 5.17. The summed E-state index contributed by atoms with van der Waals surface area (Å²) in [5.41, 5.74) is 0.536. The number of rotatable bonds is 3. The van der Waals surface area contributed by atoms with E-state index in [0.29, 0.717) is 54.3 Å². The molecule has 36 heavy (non-hydrogen) atoms. The van der Waals surface area contributed by atoms with E-state index in [9.17, 15) is 9.59 Å². The minimum absolute atomic E-state index is 0.158. The second-order valence-electron chi connectivity index (χ2n) is 9.10. The van der Waals surface area contributed by atoms with Crippen molar-refractivity contribution in [2.24, 2.45) is 0 Å². The van der Waals surface area contributed by atoms with Crippen molar-refractivity contribution in [3.8, 4) is 17.2 Å². The number of ether oxygens (including phenoxy) is 3. The number of fused-ring (bicyclic) bond motifs is 3. The second-order valence-corrected chi connectivity index (χ2v) is 9.10. The Morgan fingerprint density at radius 2 is 1.69 bits per heavy atom. The number of para-hydroxylation sites is 1. The van der Waals surface area contributed by atoms with Crippen LogP contribution < -0.4 is 19.5 Å². The van der Waals surface area contributed by atoms with Gasteiger partial charge in [-0.15, -0.1) is 0 Å². The standard InChI is InChI=1S/C28H25N3O5/c1-34-22-9-5-8-19-23(35-2)16-21(29-25(19)22)27(33)31-12-10-28(11-13-31)30-26(32)20-14-17-6-3-4-7-18(17)15-24(20)36-28/h3-9,14-16H,10-13H2,1-2H3,(H,30,32). The van der Waals surface area contributed by atoms with Gasteiger partial charge < -0.3 is 24.4 Å². The number of benzene rings is 3. The summed E-state index contributed by atoms with van der Waals surface area (Å²) < 4.78 is 17.4. The zero-order valence-electron chi connectivity index (χ0n) is 20.0. The summed E-state index contributed by atoms with van der Waals surface area (Å²) in [7, 11) is 3.14. The van der Waals surface area contributed by atoms with Crippen molar-refractivity contribution in [2.75, 3.05) is 27.3 Å². The summed E-state index contributed by atoms with van der Waals surface area (Å²) in [4.78, 5) is 32.8. The number of hydrogen-bond donors (Lipinski definition) is 1. The summed E-state index contributed by atoms with van der Waals surface area (Å²) in [5, 5.41) is 5.83. The Labute approximate surface area is 207 Å². The van der Waals surface area contributed by atoms with E-state index in [1.807, 2.05) is 48.5 Å². The first-order valence-corrected chi connectivity index (χ1v) is 11.9. The average molecular weight is 484 g/mol. The molecule has 1 spiro atoms. The lowest BCUT2D eigenvalue weighted by Gasteiger charge is -2.44. The van der Waals surface area contributed by atoms with E-state index >= 15 is 0 Å². The van der Waals surface area contributed by atoms with Crippen molar-refractivity contribution in [3.63, 3.8) is 0 Å². The monoisotopic (exact) mass is 483 g/mol. The Balaban J connectivity index is 1.25. The zero-order valence-corrected chi connectivity index (χ0v) is 20.0. The Bertz CT molecular complexity index is 1520. The molecule has 0 radical (unpaired) electrons.